The monoisotopic (exact) mass is 453 g/mol. The molecule has 0 radical (unpaired) electrons. The lowest BCUT2D eigenvalue weighted by atomic mass is 9.73. The molecule has 1 aliphatic carbocycles. The summed E-state index contributed by atoms with van der Waals surface area (Å²) in [5.74, 6) is -1.49. The number of rotatable bonds is 6. The summed E-state index contributed by atoms with van der Waals surface area (Å²) >= 11 is 0. The van der Waals surface area contributed by atoms with Crippen LogP contribution in [-0.2, 0) is 6.42 Å². The molecule has 1 aliphatic rings. The van der Waals surface area contributed by atoms with E-state index in [1.54, 1.807) is 6.07 Å². The second kappa shape index (κ2) is 9.40. The molecule has 2 unspecified atom stereocenters. The molecule has 0 fully saturated rings. The second-order valence-corrected chi connectivity index (χ2v) is 9.30. The van der Waals surface area contributed by atoms with E-state index in [4.69, 9.17) is 0 Å². The molecule has 3 nitrogen and oxygen atoms in total. The minimum Gasteiger partial charge on any atom is -0.478 e. The minimum atomic E-state index is -1.23. The van der Waals surface area contributed by atoms with Crippen molar-refractivity contribution >= 4 is 16.7 Å². The van der Waals surface area contributed by atoms with Crippen molar-refractivity contribution in [3.63, 3.8) is 0 Å². The fourth-order valence-electron chi connectivity index (χ4n) is 5.39. The highest BCUT2D eigenvalue weighted by molar-refractivity contribution is 5.88. The Morgan fingerprint density at radius 3 is 2.65 bits per heavy atom. The zero-order chi connectivity index (χ0) is 23.7. The lowest BCUT2D eigenvalue weighted by molar-refractivity contribution is 0.0691. The van der Waals surface area contributed by atoms with E-state index in [2.05, 4.69) is 72.9 Å². The Kier molecular flexibility index (Phi) is 6.16. The maximum Gasteiger partial charge on any atom is 0.338 e. The quantitative estimate of drug-likeness (QED) is 0.341. The third-order valence-electron chi connectivity index (χ3n) is 7.13. The minimum absolute atomic E-state index is 0.0447. The largest absolute Gasteiger partial charge is 0.478 e. The molecule has 0 saturated carbocycles. The molecule has 0 amide bonds. The van der Waals surface area contributed by atoms with Crippen LogP contribution in [0.3, 0.4) is 0 Å². The van der Waals surface area contributed by atoms with Gasteiger partial charge in [-0.3, -0.25) is 0 Å². The van der Waals surface area contributed by atoms with Crippen molar-refractivity contribution in [2.24, 2.45) is 5.92 Å². The van der Waals surface area contributed by atoms with Crippen LogP contribution in [0.25, 0.3) is 10.8 Å². The van der Waals surface area contributed by atoms with Crippen molar-refractivity contribution in [3.8, 4) is 0 Å². The molecule has 0 saturated heterocycles. The Labute approximate surface area is 199 Å². The first-order chi connectivity index (χ1) is 16.5. The van der Waals surface area contributed by atoms with E-state index in [0.29, 0.717) is 5.92 Å². The van der Waals surface area contributed by atoms with Crippen molar-refractivity contribution in [1.29, 1.82) is 0 Å². The van der Waals surface area contributed by atoms with Gasteiger partial charge in [0.05, 0.1) is 5.56 Å². The highest BCUT2D eigenvalue weighted by Gasteiger charge is 2.29. The van der Waals surface area contributed by atoms with Crippen molar-refractivity contribution in [2.45, 2.75) is 31.7 Å². The van der Waals surface area contributed by atoms with Crippen LogP contribution in [-0.4, -0.2) is 17.6 Å². The average molecular weight is 454 g/mol. The summed E-state index contributed by atoms with van der Waals surface area (Å²) in [4.78, 5) is 11.5. The first kappa shape index (κ1) is 22.3. The van der Waals surface area contributed by atoms with Gasteiger partial charge in [0.2, 0.25) is 0 Å². The van der Waals surface area contributed by atoms with Gasteiger partial charge in [0.25, 0.3) is 0 Å². The predicted octanol–water partition coefficient (Wildman–Crippen LogP) is 6.72. The summed E-state index contributed by atoms with van der Waals surface area (Å²) in [7, 11) is 0. The topological polar surface area (TPSA) is 49.3 Å². The van der Waals surface area contributed by atoms with Crippen molar-refractivity contribution in [2.75, 3.05) is 6.54 Å². The first-order valence-corrected chi connectivity index (χ1v) is 11.8. The second-order valence-electron chi connectivity index (χ2n) is 9.30. The molecule has 0 aromatic heterocycles. The Hall–Kier alpha value is -3.50. The number of carboxylic acids is 1. The zero-order valence-electron chi connectivity index (χ0n) is 19.2. The van der Waals surface area contributed by atoms with Crippen LogP contribution in [0.15, 0.2) is 84.9 Å². The summed E-state index contributed by atoms with van der Waals surface area (Å²) in [6, 6.07) is 28.0. The van der Waals surface area contributed by atoms with Crippen molar-refractivity contribution in [3.05, 3.63) is 119 Å². The zero-order valence-corrected chi connectivity index (χ0v) is 19.2. The lowest BCUT2D eigenvalue weighted by Gasteiger charge is -2.33. The maximum absolute atomic E-state index is 14.1. The molecule has 5 rings (SSSR count). The van der Waals surface area contributed by atoms with Crippen LogP contribution in [0.4, 0.5) is 4.39 Å². The van der Waals surface area contributed by atoms with Gasteiger partial charge in [-0.2, -0.15) is 0 Å². The Morgan fingerprint density at radius 2 is 1.79 bits per heavy atom. The van der Waals surface area contributed by atoms with Gasteiger partial charge in [-0.1, -0.05) is 72.8 Å². The number of hydrogen-bond acceptors (Lipinski definition) is 2. The lowest BCUT2D eigenvalue weighted by Crippen LogP contribution is -2.31. The van der Waals surface area contributed by atoms with E-state index in [1.165, 1.54) is 39.6 Å². The number of nitrogens with one attached hydrogen (secondary N) is 1. The van der Waals surface area contributed by atoms with E-state index in [1.807, 2.05) is 6.07 Å². The van der Waals surface area contributed by atoms with Crippen molar-refractivity contribution < 1.29 is 14.3 Å². The number of fused-ring (bicyclic) bond motifs is 2. The molecular weight excluding hydrogens is 425 g/mol. The Bertz CT molecular complexity index is 1340. The van der Waals surface area contributed by atoms with Gasteiger partial charge < -0.3 is 10.4 Å². The molecular formula is C30H28FNO2. The number of benzene rings is 4. The van der Waals surface area contributed by atoms with E-state index < -0.39 is 11.8 Å². The fraction of sp³-hybridized carbons (Fsp3) is 0.233. The molecule has 172 valence electrons. The summed E-state index contributed by atoms with van der Waals surface area (Å²) in [6.45, 7) is 3.05. The van der Waals surface area contributed by atoms with Gasteiger partial charge in [0.1, 0.15) is 5.82 Å². The van der Waals surface area contributed by atoms with Gasteiger partial charge in [-0.05, 0) is 77.4 Å². The van der Waals surface area contributed by atoms with Crippen LogP contribution in [0.1, 0.15) is 57.9 Å². The highest BCUT2D eigenvalue weighted by atomic mass is 19.1. The molecule has 34 heavy (non-hydrogen) atoms. The molecule has 0 bridgehead atoms. The summed E-state index contributed by atoms with van der Waals surface area (Å²) < 4.78 is 14.1. The number of carboxylic acid groups (broad SMARTS) is 1. The maximum atomic E-state index is 14.1. The normalized spacial score (nSPS) is 18.4. The van der Waals surface area contributed by atoms with Gasteiger partial charge in [0.15, 0.2) is 0 Å². The predicted molar refractivity (Wildman–Crippen MR) is 134 cm³/mol. The molecule has 0 aliphatic heterocycles. The molecule has 4 heteroatoms. The van der Waals surface area contributed by atoms with Crippen LogP contribution in [0, 0.1) is 11.7 Å². The molecule has 0 heterocycles. The average Bonchev–Trinajstić information content (AvgIpc) is 2.86. The Balaban J connectivity index is 1.39. The van der Waals surface area contributed by atoms with Gasteiger partial charge in [0, 0.05) is 12.0 Å². The van der Waals surface area contributed by atoms with Crippen molar-refractivity contribution in [1.82, 2.24) is 5.32 Å². The van der Waals surface area contributed by atoms with Crippen LogP contribution >= 0.6 is 0 Å². The van der Waals surface area contributed by atoms with E-state index in [9.17, 15) is 14.3 Å². The standard InChI is InChI=1S/C30H28FNO2/c1-19(24-12-6-9-21-7-2-4-10-25(21)24)32-18-20-15-22-8-3-5-11-26(22)27(16-20)23-13-14-29(31)28(17-23)30(33)34/h2-14,17,19-20,27,32H,15-16,18H2,1H3,(H,33,34)/t19-,20?,27?/m1/s1. The smallest absolute Gasteiger partial charge is 0.338 e. The molecule has 4 aromatic rings. The highest BCUT2D eigenvalue weighted by Crippen LogP contribution is 2.40. The number of carbonyl (C=O) groups is 1. The number of aromatic carboxylic acids is 1. The fourth-order valence-corrected chi connectivity index (χ4v) is 5.39. The van der Waals surface area contributed by atoms with E-state index in [-0.39, 0.29) is 17.5 Å². The van der Waals surface area contributed by atoms with Crippen LogP contribution in [0.2, 0.25) is 0 Å². The summed E-state index contributed by atoms with van der Waals surface area (Å²) in [6.07, 6.45) is 1.85. The van der Waals surface area contributed by atoms with E-state index >= 15 is 0 Å². The number of halogens is 1. The third kappa shape index (κ3) is 4.34. The first-order valence-electron chi connectivity index (χ1n) is 11.8. The van der Waals surface area contributed by atoms with Gasteiger partial charge in [-0.15, -0.1) is 0 Å². The van der Waals surface area contributed by atoms with Crippen LogP contribution < -0.4 is 5.32 Å². The van der Waals surface area contributed by atoms with Gasteiger partial charge in [-0.25, -0.2) is 9.18 Å². The number of hydrogen-bond donors (Lipinski definition) is 2. The van der Waals surface area contributed by atoms with E-state index in [0.717, 1.165) is 24.9 Å². The molecule has 3 atom stereocenters. The van der Waals surface area contributed by atoms with Gasteiger partial charge >= 0.3 is 5.97 Å². The molecule has 4 aromatic carbocycles. The Morgan fingerprint density at radius 1 is 1.03 bits per heavy atom. The third-order valence-corrected chi connectivity index (χ3v) is 7.13. The molecule has 0 spiro atoms. The summed E-state index contributed by atoms with van der Waals surface area (Å²) in [5, 5.41) is 15.7. The molecule has 2 N–H and O–H groups in total. The van der Waals surface area contributed by atoms with Crippen LogP contribution in [0.5, 0.6) is 0 Å². The summed E-state index contributed by atoms with van der Waals surface area (Å²) in [5.41, 5.74) is 4.38. The SMILES string of the molecule is C[C@@H](NCC1Cc2ccccc2C(c2ccc(F)c(C(=O)O)c2)C1)c1cccc2ccccc12.